The summed E-state index contributed by atoms with van der Waals surface area (Å²) in [5, 5.41) is 12.0. The predicted molar refractivity (Wildman–Crippen MR) is 114 cm³/mol. The molecule has 5 aliphatic carbocycles. The lowest BCUT2D eigenvalue weighted by molar-refractivity contribution is -0.417. The highest BCUT2D eigenvalue weighted by Crippen LogP contribution is 2.80. The number of carbonyl (C=O) groups is 1. The smallest absolute Gasteiger partial charge is 0.343 e. The van der Waals surface area contributed by atoms with Gasteiger partial charge >= 0.3 is 5.78 Å². The van der Waals surface area contributed by atoms with Crippen LogP contribution in [0.3, 0.4) is 0 Å². The van der Waals surface area contributed by atoms with Gasteiger partial charge in [-0.15, -0.1) is 0 Å². The van der Waals surface area contributed by atoms with Crippen LogP contribution >= 0.6 is 0 Å². The third-order valence-electron chi connectivity index (χ3n) is 8.72. The number of carbonyl (C=O) groups excluding carboxylic acids is 2. The SMILES string of the molecule is C[O+]=C1C=CC(=CC2[C@]34C=CC(=O)C=C3[C@]3(C)CCCC(C)(C)[C@H]3C[C@]24O)C=C1. The van der Waals surface area contributed by atoms with Crippen LogP contribution in [-0.4, -0.2) is 29.4 Å². The maximum Gasteiger partial charge on any atom is 0.343 e. The molecule has 1 spiro atoms. The number of aliphatic hydroxyl groups is 1. The molecule has 0 aromatic heterocycles. The first-order valence-electron chi connectivity index (χ1n) is 10.8. The lowest BCUT2D eigenvalue weighted by Crippen LogP contribution is -2.52. The molecule has 0 aliphatic heterocycles. The maximum atomic E-state index is 12.4. The fourth-order valence-corrected chi connectivity index (χ4v) is 7.20. The summed E-state index contributed by atoms with van der Waals surface area (Å²) < 4.78 is 5.28. The molecule has 3 nitrogen and oxygen atoms in total. The largest absolute Gasteiger partial charge is 0.388 e. The minimum Gasteiger partial charge on any atom is -0.388 e. The van der Waals surface area contributed by atoms with Crippen LogP contribution in [0, 0.1) is 28.1 Å². The van der Waals surface area contributed by atoms with Gasteiger partial charge in [0.2, 0.25) is 0 Å². The maximum absolute atomic E-state index is 12.4. The van der Waals surface area contributed by atoms with Crippen LogP contribution in [0.5, 0.6) is 0 Å². The summed E-state index contributed by atoms with van der Waals surface area (Å²) in [7, 11) is 1.67. The highest BCUT2D eigenvalue weighted by Gasteiger charge is 2.81. The first-order valence-corrected chi connectivity index (χ1v) is 10.8. The van der Waals surface area contributed by atoms with Gasteiger partial charge in [-0.1, -0.05) is 39.3 Å². The van der Waals surface area contributed by atoms with E-state index in [-0.39, 0.29) is 22.5 Å². The first kappa shape index (κ1) is 19.0. The number of rotatable bonds is 1. The van der Waals surface area contributed by atoms with Crippen molar-refractivity contribution in [3.8, 4) is 0 Å². The van der Waals surface area contributed by atoms with Crippen LogP contribution in [0.15, 0.2) is 59.8 Å². The molecule has 1 N–H and O–H groups in total. The Labute approximate surface area is 173 Å². The molecule has 0 bridgehead atoms. The zero-order valence-electron chi connectivity index (χ0n) is 17.9. The van der Waals surface area contributed by atoms with E-state index in [1.54, 1.807) is 13.2 Å². The van der Waals surface area contributed by atoms with Gasteiger partial charge in [-0.05, 0) is 71.5 Å². The van der Waals surface area contributed by atoms with Crippen molar-refractivity contribution in [2.75, 3.05) is 7.11 Å². The molecule has 1 unspecified atom stereocenters. The standard InChI is InChI=1S/C26H31O3/c1-23(2)11-5-12-24(3)20-15-18(27)10-13-25(20)21(26(25,28)16-22(23)24)14-17-6-8-19(29-4)9-7-17/h6-10,13-15,21-22,28H,5,11-12,16H2,1-4H3/q+1/t21?,22-,24+,25+,26+/m1/s1. The molecule has 5 rings (SSSR count). The van der Waals surface area contributed by atoms with E-state index < -0.39 is 11.0 Å². The number of fused-ring (bicyclic) bond motifs is 2. The fourth-order valence-electron chi connectivity index (χ4n) is 7.20. The third-order valence-corrected chi connectivity index (χ3v) is 8.72. The molecule has 152 valence electrons. The molecule has 0 aromatic rings. The Kier molecular flexibility index (Phi) is 3.79. The van der Waals surface area contributed by atoms with Crippen molar-refractivity contribution < 1.29 is 14.3 Å². The third kappa shape index (κ3) is 2.34. The number of allylic oxidation sites excluding steroid dienone is 7. The molecule has 29 heavy (non-hydrogen) atoms. The van der Waals surface area contributed by atoms with E-state index in [0.717, 1.165) is 24.2 Å². The Morgan fingerprint density at radius 2 is 1.83 bits per heavy atom. The fraction of sp³-hybridized carbons (Fsp3) is 0.538. The van der Waals surface area contributed by atoms with Gasteiger partial charge in [0.15, 0.2) is 5.78 Å². The second kappa shape index (κ2) is 5.78. The van der Waals surface area contributed by atoms with Gasteiger partial charge < -0.3 is 5.11 Å². The highest BCUT2D eigenvalue weighted by molar-refractivity contribution is 6.02. The topological polar surface area (TPSA) is 48.6 Å². The average Bonchev–Trinajstić information content (AvgIpc) is 3.19. The number of hydrogen-bond acceptors (Lipinski definition) is 2. The molecule has 0 heterocycles. The van der Waals surface area contributed by atoms with E-state index in [2.05, 4.69) is 26.8 Å². The summed E-state index contributed by atoms with van der Waals surface area (Å²) in [5.41, 5.74) is 1.15. The molecule has 3 heteroatoms. The van der Waals surface area contributed by atoms with Crippen molar-refractivity contribution in [3.05, 3.63) is 59.8 Å². The Morgan fingerprint density at radius 3 is 2.52 bits per heavy atom. The molecule has 3 saturated carbocycles. The summed E-state index contributed by atoms with van der Waals surface area (Å²) in [4.78, 5) is 12.4. The van der Waals surface area contributed by atoms with Crippen LogP contribution < -0.4 is 0 Å². The van der Waals surface area contributed by atoms with Crippen LogP contribution in [0.2, 0.25) is 0 Å². The van der Waals surface area contributed by atoms with Crippen LogP contribution in [-0.2, 0) is 9.22 Å². The Balaban J connectivity index is 1.62. The van der Waals surface area contributed by atoms with Crippen molar-refractivity contribution in [1.82, 2.24) is 0 Å². The molecule has 0 aromatic carbocycles. The quantitative estimate of drug-likeness (QED) is 0.673. The van der Waals surface area contributed by atoms with Gasteiger partial charge in [-0.3, -0.25) is 9.22 Å². The molecular weight excluding hydrogens is 360 g/mol. The normalized spacial score (nSPS) is 43.9. The zero-order valence-corrected chi connectivity index (χ0v) is 17.9. The second-order valence-corrected chi connectivity index (χ2v) is 10.5. The Morgan fingerprint density at radius 1 is 1.10 bits per heavy atom. The lowest BCUT2D eigenvalue weighted by Gasteiger charge is -2.57. The van der Waals surface area contributed by atoms with E-state index >= 15 is 0 Å². The predicted octanol–water partition coefficient (Wildman–Crippen LogP) is 4.42. The van der Waals surface area contributed by atoms with Gasteiger partial charge in [-0.2, -0.15) is 0 Å². The molecule has 0 amide bonds. The van der Waals surface area contributed by atoms with Gasteiger partial charge in [0.1, 0.15) is 0 Å². The van der Waals surface area contributed by atoms with Gasteiger partial charge in [-0.25, -0.2) is 0 Å². The lowest BCUT2D eigenvalue weighted by atomic mass is 9.47. The van der Waals surface area contributed by atoms with Gasteiger partial charge in [0.25, 0.3) is 7.11 Å². The monoisotopic (exact) mass is 391 g/mol. The average molecular weight is 392 g/mol. The van der Waals surface area contributed by atoms with Crippen molar-refractivity contribution in [2.45, 2.75) is 52.1 Å². The Hall–Kier alpha value is -2.00. The summed E-state index contributed by atoms with van der Waals surface area (Å²) in [5.74, 6) is 1.27. The molecule has 5 aliphatic rings. The van der Waals surface area contributed by atoms with Crippen molar-refractivity contribution in [2.24, 2.45) is 28.1 Å². The minimum absolute atomic E-state index is 0.00257. The van der Waals surface area contributed by atoms with Crippen LogP contribution in [0.4, 0.5) is 0 Å². The summed E-state index contributed by atoms with van der Waals surface area (Å²) in [6.07, 6.45) is 20.0. The van der Waals surface area contributed by atoms with Gasteiger partial charge in [0.05, 0.1) is 5.60 Å². The van der Waals surface area contributed by atoms with Crippen molar-refractivity contribution >= 4 is 11.6 Å². The summed E-state index contributed by atoms with van der Waals surface area (Å²) >= 11 is 0. The number of hydrogen-bond donors (Lipinski definition) is 1. The van der Waals surface area contributed by atoms with E-state index in [0.29, 0.717) is 5.92 Å². The minimum atomic E-state index is -0.811. The van der Waals surface area contributed by atoms with E-state index in [4.69, 9.17) is 4.42 Å². The summed E-state index contributed by atoms with van der Waals surface area (Å²) in [6.45, 7) is 7.04. The van der Waals surface area contributed by atoms with Crippen LogP contribution in [0.25, 0.3) is 0 Å². The number of ketones is 2. The zero-order chi connectivity index (χ0) is 20.7. The van der Waals surface area contributed by atoms with Crippen LogP contribution in [0.1, 0.15) is 46.5 Å². The highest BCUT2D eigenvalue weighted by atomic mass is 16.4. The van der Waals surface area contributed by atoms with Gasteiger partial charge in [0, 0.05) is 23.5 Å². The molecule has 3 fully saturated rings. The Bertz CT molecular complexity index is 954. The molecule has 0 saturated heterocycles. The van der Waals surface area contributed by atoms with Crippen molar-refractivity contribution in [1.29, 1.82) is 0 Å². The van der Waals surface area contributed by atoms with E-state index in [1.165, 1.54) is 18.4 Å². The van der Waals surface area contributed by atoms with E-state index in [1.807, 2.05) is 36.5 Å². The van der Waals surface area contributed by atoms with Crippen molar-refractivity contribution in [3.63, 3.8) is 0 Å². The summed E-state index contributed by atoms with van der Waals surface area (Å²) in [6, 6.07) is 0. The molecule has 5 atom stereocenters. The molecular formula is C26H31O3+. The first-order chi connectivity index (χ1) is 13.7. The van der Waals surface area contributed by atoms with E-state index in [9.17, 15) is 9.90 Å². The second-order valence-electron chi connectivity index (χ2n) is 10.5. The molecule has 0 radical (unpaired) electrons.